The van der Waals surface area contributed by atoms with Gasteiger partial charge in [-0.1, -0.05) is 13.3 Å². The first-order valence-electron chi connectivity index (χ1n) is 8.34. The lowest BCUT2D eigenvalue weighted by atomic mass is 10.0. The minimum atomic E-state index is -2.82. The molecule has 0 bridgehead atoms. The molecule has 1 heterocycles. The van der Waals surface area contributed by atoms with Gasteiger partial charge in [0.25, 0.3) is 0 Å². The fourth-order valence-corrected chi connectivity index (χ4v) is 4.62. The molecule has 0 aromatic heterocycles. The first-order valence-corrected chi connectivity index (χ1v) is 10.2. The Kier molecular flexibility index (Phi) is 12.2. The van der Waals surface area contributed by atoms with Crippen molar-refractivity contribution in [1.82, 2.24) is 10.6 Å². The highest BCUT2D eigenvalue weighted by molar-refractivity contribution is 14.0. The third kappa shape index (κ3) is 9.71. The number of rotatable bonds is 9. The molecule has 0 aromatic carbocycles. The van der Waals surface area contributed by atoms with Gasteiger partial charge >= 0.3 is 0 Å². The molecule has 0 aromatic rings. The second-order valence-corrected chi connectivity index (χ2v) is 8.27. The number of nitrogens with one attached hydrogen (secondary N) is 2. The zero-order valence-electron chi connectivity index (χ0n) is 14.3. The summed E-state index contributed by atoms with van der Waals surface area (Å²) >= 11 is 0. The molecule has 3 N–H and O–H groups in total. The second kappa shape index (κ2) is 12.3. The van der Waals surface area contributed by atoms with E-state index < -0.39 is 9.84 Å². The number of guanidine groups is 1. The average Bonchev–Trinajstić information content (AvgIpc) is 2.81. The van der Waals surface area contributed by atoms with Gasteiger partial charge in [0.1, 0.15) is 0 Å². The summed E-state index contributed by atoms with van der Waals surface area (Å²) in [5, 5.41) is 15.5. The van der Waals surface area contributed by atoms with Crippen molar-refractivity contribution in [1.29, 1.82) is 0 Å². The van der Waals surface area contributed by atoms with Crippen molar-refractivity contribution in [3.8, 4) is 0 Å². The molecule has 1 rings (SSSR count). The van der Waals surface area contributed by atoms with Gasteiger partial charge in [0.2, 0.25) is 0 Å². The highest BCUT2D eigenvalue weighted by Crippen LogP contribution is 2.17. The summed E-state index contributed by atoms with van der Waals surface area (Å²) in [6, 6.07) is 0. The van der Waals surface area contributed by atoms with E-state index in [2.05, 4.69) is 22.5 Å². The van der Waals surface area contributed by atoms with Crippen LogP contribution in [-0.4, -0.2) is 57.2 Å². The monoisotopic (exact) mass is 461 g/mol. The van der Waals surface area contributed by atoms with Gasteiger partial charge in [-0.05, 0) is 38.0 Å². The van der Waals surface area contributed by atoms with Crippen LogP contribution in [-0.2, 0) is 9.84 Å². The maximum Gasteiger partial charge on any atom is 0.191 e. The van der Waals surface area contributed by atoms with Gasteiger partial charge in [-0.25, -0.2) is 8.42 Å². The molecule has 6 nitrogen and oxygen atoms in total. The Balaban J connectivity index is 0.00000484. The lowest BCUT2D eigenvalue weighted by molar-refractivity contribution is 0.253. The molecule has 0 radical (unpaired) electrons. The SMILES string of the molecule is CCCC(CCO)CN=C(NCC)NCC1CCS(=O)(=O)C1.I. The smallest absolute Gasteiger partial charge is 0.191 e. The van der Waals surface area contributed by atoms with Crippen LogP contribution in [0.4, 0.5) is 0 Å². The van der Waals surface area contributed by atoms with Crippen LogP contribution in [0.1, 0.15) is 39.5 Å². The topological polar surface area (TPSA) is 90.8 Å². The Morgan fingerprint density at radius 2 is 2.04 bits per heavy atom. The maximum atomic E-state index is 11.5. The summed E-state index contributed by atoms with van der Waals surface area (Å²) < 4.78 is 22.9. The number of hydrogen-bond donors (Lipinski definition) is 3. The normalized spacial score (nSPS) is 21.5. The Hall–Kier alpha value is -0.0900. The van der Waals surface area contributed by atoms with Crippen LogP contribution in [0.25, 0.3) is 0 Å². The van der Waals surface area contributed by atoms with Crippen LogP contribution in [0.3, 0.4) is 0 Å². The average molecular weight is 461 g/mol. The summed E-state index contributed by atoms with van der Waals surface area (Å²) in [5.74, 6) is 1.91. The number of aliphatic hydroxyl groups excluding tert-OH is 1. The predicted molar refractivity (Wildman–Crippen MR) is 106 cm³/mol. The Bertz CT molecular complexity index is 437. The number of nitrogens with zero attached hydrogens (tertiary/aromatic N) is 1. The van der Waals surface area contributed by atoms with Crippen LogP contribution in [0.15, 0.2) is 4.99 Å². The summed E-state index contributed by atoms with van der Waals surface area (Å²) in [5.41, 5.74) is 0. The van der Waals surface area contributed by atoms with E-state index in [4.69, 9.17) is 5.11 Å². The minimum Gasteiger partial charge on any atom is -0.396 e. The van der Waals surface area contributed by atoms with Gasteiger partial charge in [0.15, 0.2) is 15.8 Å². The third-order valence-electron chi connectivity index (χ3n) is 3.97. The van der Waals surface area contributed by atoms with Crippen LogP contribution >= 0.6 is 24.0 Å². The van der Waals surface area contributed by atoms with Gasteiger partial charge in [0.05, 0.1) is 11.5 Å². The standard InChI is InChI=1S/C15H31N3O3S.HI/c1-3-5-13(6-8-19)10-17-15(16-4-2)18-11-14-7-9-22(20,21)12-14;/h13-14,19H,3-12H2,1-2H3,(H2,16,17,18);1H. The van der Waals surface area contributed by atoms with Crippen molar-refractivity contribution in [2.24, 2.45) is 16.8 Å². The van der Waals surface area contributed by atoms with E-state index in [0.717, 1.165) is 38.2 Å². The van der Waals surface area contributed by atoms with E-state index in [0.29, 0.717) is 24.8 Å². The van der Waals surface area contributed by atoms with Crippen molar-refractivity contribution in [3.05, 3.63) is 0 Å². The van der Waals surface area contributed by atoms with Crippen molar-refractivity contribution in [2.45, 2.75) is 39.5 Å². The van der Waals surface area contributed by atoms with Gasteiger partial charge in [-0.3, -0.25) is 4.99 Å². The van der Waals surface area contributed by atoms with Gasteiger partial charge < -0.3 is 15.7 Å². The van der Waals surface area contributed by atoms with E-state index in [-0.39, 0.29) is 42.3 Å². The molecule has 1 fully saturated rings. The van der Waals surface area contributed by atoms with E-state index in [9.17, 15) is 8.42 Å². The molecule has 0 saturated carbocycles. The van der Waals surface area contributed by atoms with Crippen molar-refractivity contribution in [3.63, 3.8) is 0 Å². The molecule has 8 heteroatoms. The van der Waals surface area contributed by atoms with Crippen molar-refractivity contribution in [2.75, 3.05) is 37.7 Å². The van der Waals surface area contributed by atoms with E-state index in [1.165, 1.54) is 0 Å². The molecule has 2 unspecified atom stereocenters. The van der Waals surface area contributed by atoms with E-state index >= 15 is 0 Å². The van der Waals surface area contributed by atoms with Crippen LogP contribution < -0.4 is 10.6 Å². The van der Waals surface area contributed by atoms with Crippen molar-refractivity contribution >= 4 is 39.8 Å². The predicted octanol–water partition coefficient (Wildman–Crippen LogP) is 1.39. The first-order chi connectivity index (χ1) is 10.5. The zero-order valence-corrected chi connectivity index (χ0v) is 17.4. The molecular formula is C15H32IN3O3S. The number of aliphatic imine (C=N–C) groups is 1. The molecule has 2 atom stereocenters. The zero-order chi connectivity index (χ0) is 16.4. The molecule has 0 spiro atoms. The van der Waals surface area contributed by atoms with Crippen LogP contribution in [0.5, 0.6) is 0 Å². The summed E-state index contributed by atoms with van der Waals surface area (Å²) in [4.78, 5) is 4.58. The minimum absolute atomic E-state index is 0. The molecule has 1 saturated heterocycles. The molecule has 1 aliphatic heterocycles. The quantitative estimate of drug-likeness (QED) is 0.274. The second-order valence-electron chi connectivity index (χ2n) is 6.04. The molecule has 0 amide bonds. The lowest BCUT2D eigenvalue weighted by Gasteiger charge is -2.16. The van der Waals surface area contributed by atoms with Gasteiger partial charge in [-0.15, -0.1) is 24.0 Å². The maximum absolute atomic E-state index is 11.5. The summed E-state index contributed by atoms with van der Waals surface area (Å²) in [6.07, 6.45) is 3.66. The van der Waals surface area contributed by atoms with Gasteiger partial charge in [-0.2, -0.15) is 0 Å². The third-order valence-corrected chi connectivity index (χ3v) is 5.81. The Labute approximate surface area is 157 Å². The van der Waals surface area contributed by atoms with E-state index in [1.54, 1.807) is 0 Å². The summed E-state index contributed by atoms with van der Waals surface area (Å²) in [6.45, 7) is 6.44. The fraction of sp³-hybridized carbons (Fsp3) is 0.933. The number of halogens is 1. The lowest BCUT2D eigenvalue weighted by Crippen LogP contribution is -2.40. The largest absolute Gasteiger partial charge is 0.396 e. The molecule has 138 valence electrons. The molecular weight excluding hydrogens is 429 g/mol. The molecule has 23 heavy (non-hydrogen) atoms. The first kappa shape index (κ1) is 22.9. The highest BCUT2D eigenvalue weighted by atomic mass is 127. The Morgan fingerprint density at radius 1 is 1.30 bits per heavy atom. The molecule has 1 aliphatic rings. The van der Waals surface area contributed by atoms with E-state index in [1.807, 2.05) is 6.92 Å². The van der Waals surface area contributed by atoms with Crippen LogP contribution in [0, 0.1) is 11.8 Å². The number of aliphatic hydroxyl groups is 1. The van der Waals surface area contributed by atoms with Crippen molar-refractivity contribution < 1.29 is 13.5 Å². The van der Waals surface area contributed by atoms with Crippen LogP contribution in [0.2, 0.25) is 0 Å². The number of sulfone groups is 1. The highest BCUT2D eigenvalue weighted by Gasteiger charge is 2.27. The molecule has 0 aliphatic carbocycles. The van der Waals surface area contributed by atoms with Gasteiger partial charge in [0, 0.05) is 26.2 Å². The summed E-state index contributed by atoms with van der Waals surface area (Å²) in [7, 11) is -2.82. The Morgan fingerprint density at radius 3 is 2.57 bits per heavy atom. The fourth-order valence-electron chi connectivity index (χ4n) is 2.75. The number of hydrogen-bond acceptors (Lipinski definition) is 4.